The second-order valence-electron chi connectivity index (χ2n) is 10.6. The molecule has 1 aromatic heterocycles. The third-order valence-corrected chi connectivity index (χ3v) is 11.5. The summed E-state index contributed by atoms with van der Waals surface area (Å²) >= 11 is 2.82. The van der Waals surface area contributed by atoms with E-state index in [0.29, 0.717) is 26.3 Å². The second kappa shape index (κ2) is 8.78. The van der Waals surface area contributed by atoms with E-state index < -0.39 is 5.92 Å². The number of thiazole rings is 1. The monoisotopic (exact) mass is 543 g/mol. The summed E-state index contributed by atoms with van der Waals surface area (Å²) in [6, 6.07) is 6.43. The van der Waals surface area contributed by atoms with Crippen molar-refractivity contribution in [3.63, 3.8) is 0 Å². The molecule has 3 amide bonds. The van der Waals surface area contributed by atoms with Crippen LogP contribution in [0.5, 0.6) is 0 Å². The Balaban J connectivity index is 1.17. The van der Waals surface area contributed by atoms with Gasteiger partial charge in [-0.2, -0.15) is 0 Å². The average Bonchev–Trinajstić information content (AvgIpc) is 3.63. The molecule has 11 heteroatoms. The van der Waals surface area contributed by atoms with E-state index in [0.717, 1.165) is 21.9 Å². The number of benzene rings is 1. The summed E-state index contributed by atoms with van der Waals surface area (Å²) in [5.41, 5.74) is 0.932. The Bertz CT molecular complexity index is 1340. The molecule has 5 aliphatic rings. The number of amides is 3. The molecule has 7 rings (SSSR count). The lowest BCUT2D eigenvalue weighted by atomic mass is 9.68. The van der Waals surface area contributed by atoms with Crippen LogP contribution in [0, 0.1) is 35.4 Å². The standard InChI is InChI=1S/C26H26FN3O5S2/c27-13-3-1-12(2-4-13)17-18-14-11-15(21(18)36-23-22(17)37-26(34)28-23)20-19(14)24(32)30(25(20)33)6-5-16(31)29-7-9-35-10-8-29/h1-4,14-15,17-21H,5-11H2,(H,28,34). The fourth-order valence-corrected chi connectivity index (χ4v) is 10.4. The summed E-state index contributed by atoms with van der Waals surface area (Å²) in [5.74, 6) is -1.47. The van der Waals surface area contributed by atoms with Crippen LogP contribution in [0.2, 0.25) is 0 Å². The van der Waals surface area contributed by atoms with Gasteiger partial charge in [-0.05, 0) is 41.9 Å². The van der Waals surface area contributed by atoms with E-state index in [4.69, 9.17) is 4.74 Å². The number of nitrogens with one attached hydrogen (secondary N) is 1. The van der Waals surface area contributed by atoms with Gasteiger partial charge in [0.1, 0.15) is 5.82 Å². The molecule has 1 N–H and O–H groups in total. The second-order valence-corrected chi connectivity index (χ2v) is 12.8. The molecule has 2 bridgehead atoms. The minimum absolute atomic E-state index is 0.00398. The van der Waals surface area contributed by atoms with Crippen LogP contribution >= 0.6 is 23.1 Å². The fourth-order valence-electron chi connectivity index (χ4n) is 7.52. The maximum Gasteiger partial charge on any atom is 0.305 e. The zero-order valence-electron chi connectivity index (χ0n) is 19.9. The zero-order chi connectivity index (χ0) is 25.4. The third-order valence-electron chi connectivity index (χ3n) is 8.96. The highest BCUT2D eigenvalue weighted by molar-refractivity contribution is 8.00. The van der Waals surface area contributed by atoms with Gasteiger partial charge in [-0.25, -0.2) is 4.39 Å². The molecule has 4 heterocycles. The van der Waals surface area contributed by atoms with Gasteiger partial charge in [-0.1, -0.05) is 23.5 Å². The van der Waals surface area contributed by atoms with Crippen LogP contribution in [0.25, 0.3) is 0 Å². The Kier molecular flexibility index (Phi) is 5.60. The molecule has 2 saturated heterocycles. The van der Waals surface area contributed by atoms with Crippen molar-refractivity contribution in [3.8, 4) is 0 Å². The van der Waals surface area contributed by atoms with E-state index in [2.05, 4.69) is 4.98 Å². The van der Waals surface area contributed by atoms with Gasteiger partial charge < -0.3 is 14.6 Å². The highest BCUT2D eigenvalue weighted by Crippen LogP contribution is 2.68. The summed E-state index contributed by atoms with van der Waals surface area (Å²) in [5, 5.41) is 0.921. The highest BCUT2D eigenvalue weighted by Gasteiger charge is 2.69. The van der Waals surface area contributed by atoms with Crippen molar-refractivity contribution in [2.75, 3.05) is 32.8 Å². The number of thioether (sulfide) groups is 1. The molecule has 37 heavy (non-hydrogen) atoms. The van der Waals surface area contributed by atoms with Gasteiger partial charge in [0.2, 0.25) is 17.7 Å². The van der Waals surface area contributed by atoms with Crippen molar-refractivity contribution in [3.05, 3.63) is 50.2 Å². The maximum absolute atomic E-state index is 13.8. The molecule has 0 radical (unpaired) electrons. The molecular formula is C26H26FN3O5S2. The van der Waals surface area contributed by atoms with Gasteiger partial charge in [0, 0.05) is 42.1 Å². The van der Waals surface area contributed by atoms with Gasteiger partial charge in [0.25, 0.3) is 0 Å². The number of rotatable bonds is 4. The van der Waals surface area contributed by atoms with Crippen LogP contribution in [-0.2, 0) is 19.1 Å². The predicted octanol–water partition coefficient (Wildman–Crippen LogP) is 2.30. The number of aromatic nitrogens is 1. The predicted molar refractivity (Wildman–Crippen MR) is 134 cm³/mol. The van der Waals surface area contributed by atoms with Crippen molar-refractivity contribution in [2.24, 2.45) is 29.6 Å². The quantitative estimate of drug-likeness (QED) is 0.595. The summed E-state index contributed by atoms with van der Waals surface area (Å²) in [6.07, 6.45) is 0.928. The van der Waals surface area contributed by atoms with E-state index in [1.807, 2.05) is 0 Å². The number of nitrogens with zero attached hydrogens (tertiary/aromatic N) is 2. The van der Waals surface area contributed by atoms with Gasteiger partial charge in [0.05, 0.1) is 30.1 Å². The SMILES string of the molecule is O=C(CCN1C(=O)C2C3CC(C2C1=O)C1C(c2ccc(F)cc2)c2sc(=O)[nH]c2SC31)N1CCOCC1. The lowest BCUT2D eigenvalue weighted by Gasteiger charge is -2.43. The van der Waals surface area contributed by atoms with Crippen LogP contribution in [0.4, 0.5) is 4.39 Å². The number of hydrogen-bond acceptors (Lipinski definition) is 7. The molecule has 1 aromatic carbocycles. The largest absolute Gasteiger partial charge is 0.378 e. The number of aromatic amines is 1. The lowest BCUT2D eigenvalue weighted by molar-refractivity contribution is -0.142. The van der Waals surface area contributed by atoms with Crippen LogP contribution in [0.15, 0.2) is 34.1 Å². The minimum atomic E-state index is -0.391. The van der Waals surface area contributed by atoms with E-state index in [9.17, 15) is 23.6 Å². The minimum Gasteiger partial charge on any atom is -0.378 e. The molecule has 3 aliphatic heterocycles. The van der Waals surface area contributed by atoms with Crippen molar-refractivity contribution < 1.29 is 23.5 Å². The van der Waals surface area contributed by atoms with Crippen molar-refractivity contribution >= 4 is 40.8 Å². The van der Waals surface area contributed by atoms with E-state index >= 15 is 0 Å². The molecule has 2 saturated carbocycles. The van der Waals surface area contributed by atoms with Crippen molar-refractivity contribution in [2.45, 2.75) is 29.0 Å². The number of ether oxygens (including phenoxy) is 1. The number of hydrogen-bond donors (Lipinski definition) is 1. The smallest absolute Gasteiger partial charge is 0.305 e. The van der Waals surface area contributed by atoms with E-state index in [1.165, 1.54) is 28.4 Å². The number of imide groups is 1. The van der Waals surface area contributed by atoms with Crippen LogP contribution in [0.1, 0.15) is 29.2 Å². The number of carbonyl (C=O) groups is 3. The summed E-state index contributed by atoms with van der Waals surface area (Å²) in [6.45, 7) is 2.20. The Morgan fingerprint density at radius 1 is 1.05 bits per heavy atom. The van der Waals surface area contributed by atoms with E-state index in [1.54, 1.807) is 28.8 Å². The number of halogens is 1. The number of fused-ring (bicyclic) bond motifs is 9. The van der Waals surface area contributed by atoms with Gasteiger partial charge in [-0.3, -0.25) is 24.1 Å². The molecule has 0 spiro atoms. The van der Waals surface area contributed by atoms with Crippen LogP contribution in [0.3, 0.4) is 0 Å². The topological polar surface area (TPSA) is 99.8 Å². The number of H-pyrrole nitrogens is 1. The summed E-state index contributed by atoms with van der Waals surface area (Å²) < 4.78 is 19.1. The Morgan fingerprint density at radius 3 is 2.49 bits per heavy atom. The molecule has 2 aliphatic carbocycles. The zero-order valence-corrected chi connectivity index (χ0v) is 21.6. The van der Waals surface area contributed by atoms with Gasteiger partial charge in [-0.15, -0.1) is 11.8 Å². The molecule has 7 atom stereocenters. The van der Waals surface area contributed by atoms with Crippen molar-refractivity contribution in [1.29, 1.82) is 0 Å². The molecule has 2 aromatic rings. The Hall–Kier alpha value is -2.50. The average molecular weight is 544 g/mol. The first-order valence-electron chi connectivity index (χ1n) is 12.8. The first kappa shape index (κ1) is 23.6. The highest BCUT2D eigenvalue weighted by atomic mass is 32.2. The van der Waals surface area contributed by atoms with Gasteiger partial charge >= 0.3 is 4.87 Å². The first-order valence-corrected chi connectivity index (χ1v) is 14.5. The molecule has 7 unspecified atom stereocenters. The number of carbonyl (C=O) groups excluding carboxylic acids is 3. The molecule has 194 valence electrons. The Labute approximate surface area is 220 Å². The fraction of sp³-hybridized carbons (Fsp3) is 0.538. The summed E-state index contributed by atoms with van der Waals surface area (Å²) in [4.78, 5) is 59.0. The summed E-state index contributed by atoms with van der Waals surface area (Å²) in [7, 11) is 0. The third kappa shape index (κ3) is 3.57. The van der Waals surface area contributed by atoms with E-state index in [-0.39, 0.29) is 76.2 Å². The maximum atomic E-state index is 13.8. The van der Waals surface area contributed by atoms with Crippen LogP contribution < -0.4 is 4.87 Å². The normalized spacial score (nSPS) is 34.0. The molecule has 8 nitrogen and oxygen atoms in total. The van der Waals surface area contributed by atoms with Crippen LogP contribution in [-0.4, -0.2) is 70.6 Å². The Morgan fingerprint density at radius 2 is 1.76 bits per heavy atom. The van der Waals surface area contributed by atoms with Crippen molar-refractivity contribution in [1.82, 2.24) is 14.8 Å². The molecule has 4 fully saturated rings. The molecular weight excluding hydrogens is 517 g/mol. The lowest BCUT2D eigenvalue weighted by Crippen LogP contribution is -2.43. The number of likely N-dealkylation sites (tertiary alicyclic amines) is 1. The van der Waals surface area contributed by atoms with Gasteiger partial charge in [0.15, 0.2) is 0 Å². The first-order chi connectivity index (χ1) is 17.9. The number of morpholine rings is 1.